The van der Waals surface area contributed by atoms with Crippen LogP contribution in [0, 0.1) is 12.8 Å². The van der Waals surface area contributed by atoms with Crippen LogP contribution in [0.25, 0.3) is 11.0 Å². The molecule has 1 aromatic carbocycles. The normalized spacial score (nSPS) is 25.6. The minimum atomic E-state index is -0.127. The molecule has 3 aromatic rings. The van der Waals surface area contributed by atoms with Crippen LogP contribution in [0.1, 0.15) is 36.8 Å². The monoisotopic (exact) mass is 409 g/mol. The molecule has 4 unspecified atom stereocenters. The molecule has 5 rings (SSSR count). The summed E-state index contributed by atoms with van der Waals surface area (Å²) in [6.07, 6.45) is 6.70. The first-order chi connectivity index (χ1) is 14.7. The van der Waals surface area contributed by atoms with E-state index in [9.17, 15) is 0 Å². The molecule has 2 aliphatic heterocycles. The van der Waals surface area contributed by atoms with E-state index in [4.69, 9.17) is 18.9 Å². The number of hydrogen-bond donors (Lipinski definition) is 0. The molecule has 30 heavy (non-hydrogen) atoms. The predicted molar refractivity (Wildman–Crippen MR) is 112 cm³/mol. The van der Waals surface area contributed by atoms with Crippen LogP contribution in [0.15, 0.2) is 36.7 Å². The maximum Gasteiger partial charge on any atom is 0.161 e. The molecule has 2 saturated heterocycles. The Labute approximate surface area is 175 Å². The molecule has 7 heteroatoms. The van der Waals surface area contributed by atoms with Crippen LogP contribution in [-0.4, -0.2) is 41.1 Å². The summed E-state index contributed by atoms with van der Waals surface area (Å²) in [6.45, 7) is 2.93. The first-order valence-electron chi connectivity index (χ1n) is 10.5. The third-order valence-electron chi connectivity index (χ3n) is 6.29. The molecule has 158 valence electrons. The Morgan fingerprint density at radius 2 is 1.97 bits per heavy atom. The number of rotatable bonds is 6. The molecule has 2 aliphatic rings. The zero-order chi connectivity index (χ0) is 20.7. The van der Waals surface area contributed by atoms with Crippen molar-refractivity contribution < 1.29 is 18.9 Å². The minimum absolute atomic E-state index is 0.0353. The SMILES string of the molecule is COc1ccc(C2CC3CC(CCn4c(C)nc5cnccc54)OC3O2)cc1OC. The van der Waals surface area contributed by atoms with Gasteiger partial charge in [-0.2, -0.15) is 0 Å². The summed E-state index contributed by atoms with van der Waals surface area (Å²) in [5.41, 5.74) is 3.18. The Balaban J connectivity index is 1.21. The van der Waals surface area contributed by atoms with E-state index in [1.165, 1.54) is 0 Å². The average Bonchev–Trinajstić information content (AvgIpc) is 3.42. The highest BCUT2D eigenvalue weighted by Crippen LogP contribution is 2.46. The van der Waals surface area contributed by atoms with Crippen molar-refractivity contribution in [2.24, 2.45) is 5.92 Å². The van der Waals surface area contributed by atoms with Gasteiger partial charge in [0.1, 0.15) is 11.3 Å². The number of benzene rings is 1. The van der Waals surface area contributed by atoms with Crippen molar-refractivity contribution in [3.05, 3.63) is 48.0 Å². The third-order valence-corrected chi connectivity index (χ3v) is 6.29. The summed E-state index contributed by atoms with van der Waals surface area (Å²) in [5, 5.41) is 0. The number of nitrogens with zero attached hydrogens (tertiary/aromatic N) is 3. The van der Waals surface area contributed by atoms with Crippen LogP contribution in [0.2, 0.25) is 0 Å². The molecule has 0 radical (unpaired) electrons. The highest BCUT2D eigenvalue weighted by atomic mass is 16.7. The topological polar surface area (TPSA) is 67.6 Å². The molecule has 0 spiro atoms. The predicted octanol–water partition coefficient (Wildman–Crippen LogP) is 4.04. The van der Waals surface area contributed by atoms with E-state index in [-0.39, 0.29) is 18.5 Å². The lowest BCUT2D eigenvalue weighted by molar-refractivity contribution is -0.141. The first kappa shape index (κ1) is 19.3. The van der Waals surface area contributed by atoms with Crippen LogP contribution in [-0.2, 0) is 16.0 Å². The number of imidazole rings is 1. The van der Waals surface area contributed by atoms with Gasteiger partial charge >= 0.3 is 0 Å². The van der Waals surface area contributed by atoms with E-state index >= 15 is 0 Å². The van der Waals surface area contributed by atoms with Gasteiger partial charge in [0, 0.05) is 18.7 Å². The Morgan fingerprint density at radius 3 is 2.77 bits per heavy atom. The summed E-state index contributed by atoms with van der Waals surface area (Å²) >= 11 is 0. The molecular formula is C23H27N3O4. The van der Waals surface area contributed by atoms with E-state index in [0.717, 1.165) is 59.7 Å². The molecule has 2 aromatic heterocycles. The molecule has 0 aliphatic carbocycles. The van der Waals surface area contributed by atoms with Crippen molar-refractivity contribution in [1.82, 2.24) is 14.5 Å². The average molecular weight is 409 g/mol. The van der Waals surface area contributed by atoms with Crippen LogP contribution in [0.4, 0.5) is 0 Å². The van der Waals surface area contributed by atoms with Gasteiger partial charge in [-0.05, 0) is 49.9 Å². The lowest BCUT2D eigenvalue weighted by Gasteiger charge is -2.18. The highest BCUT2D eigenvalue weighted by molar-refractivity contribution is 5.74. The quantitative estimate of drug-likeness (QED) is 0.612. The number of aryl methyl sites for hydroxylation is 2. The molecule has 0 amide bonds. The zero-order valence-electron chi connectivity index (χ0n) is 17.6. The van der Waals surface area contributed by atoms with Crippen molar-refractivity contribution >= 4 is 11.0 Å². The van der Waals surface area contributed by atoms with Crippen LogP contribution in [0.3, 0.4) is 0 Å². The largest absolute Gasteiger partial charge is 0.493 e. The summed E-state index contributed by atoms with van der Waals surface area (Å²) in [5.74, 6) is 2.90. The Kier molecular flexibility index (Phi) is 5.08. The van der Waals surface area contributed by atoms with Gasteiger partial charge < -0.3 is 23.5 Å². The molecule has 4 heterocycles. The van der Waals surface area contributed by atoms with E-state index in [1.54, 1.807) is 14.2 Å². The molecule has 4 atom stereocenters. The van der Waals surface area contributed by atoms with Gasteiger partial charge in [0.25, 0.3) is 0 Å². The smallest absolute Gasteiger partial charge is 0.161 e. The van der Waals surface area contributed by atoms with E-state index < -0.39 is 0 Å². The van der Waals surface area contributed by atoms with Crippen LogP contribution >= 0.6 is 0 Å². The molecular weight excluding hydrogens is 382 g/mol. The van der Waals surface area contributed by atoms with Gasteiger partial charge in [0.05, 0.1) is 38.1 Å². The number of fused-ring (bicyclic) bond motifs is 2. The lowest BCUT2D eigenvalue weighted by Crippen LogP contribution is -2.16. The number of hydrogen-bond acceptors (Lipinski definition) is 6. The fourth-order valence-electron chi connectivity index (χ4n) is 4.76. The Bertz CT molecular complexity index is 1040. The second kappa shape index (κ2) is 7.89. The summed E-state index contributed by atoms with van der Waals surface area (Å²) in [7, 11) is 3.30. The molecule has 0 saturated carbocycles. The first-order valence-corrected chi connectivity index (χ1v) is 10.5. The van der Waals surface area contributed by atoms with Gasteiger partial charge in [-0.15, -0.1) is 0 Å². The fraction of sp³-hybridized carbons (Fsp3) is 0.478. The second-order valence-electron chi connectivity index (χ2n) is 8.06. The number of methoxy groups -OCH3 is 2. The van der Waals surface area contributed by atoms with Crippen molar-refractivity contribution in [3.63, 3.8) is 0 Å². The number of pyridine rings is 1. The van der Waals surface area contributed by atoms with E-state index in [2.05, 4.69) is 14.5 Å². The van der Waals surface area contributed by atoms with Crippen LogP contribution < -0.4 is 9.47 Å². The number of aromatic nitrogens is 3. The molecule has 7 nitrogen and oxygen atoms in total. The maximum atomic E-state index is 6.26. The van der Waals surface area contributed by atoms with Gasteiger partial charge in [-0.25, -0.2) is 4.98 Å². The molecule has 0 N–H and O–H groups in total. The Morgan fingerprint density at radius 1 is 1.10 bits per heavy atom. The third kappa shape index (κ3) is 3.42. The van der Waals surface area contributed by atoms with Gasteiger partial charge in [0.15, 0.2) is 17.8 Å². The number of ether oxygens (including phenoxy) is 4. The summed E-state index contributed by atoms with van der Waals surface area (Å²) in [6, 6.07) is 8.01. The minimum Gasteiger partial charge on any atom is -0.493 e. The van der Waals surface area contributed by atoms with Gasteiger partial charge in [-0.3, -0.25) is 4.98 Å². The Hall–Kier alpha value is -2.64. The van der Waals surface area contributed by atoms with E-state index in [1.807, 2.05) is 43.6 Å². The second-order valence-corrected chi connectivity index (χ2v) is 8.06. The van der Waals surface area contributed by atoms with E-state index in [0.29, 0.717) is 5.92 Å². The van der Waals surface area contributed by atoms with Crippen molar-refractivity contribution in [2.45, 2.75) is 51.2 Å². The maximum absolute atomic E-state index is 6.26. The van der Waals surface area contributed by atoms with Crippen LogP contribution in [0.5, 0.6) is 11.5 Å². The molecule has 0 bridgehead atoms. The highest BCUT2D eigenvalue weighted by Gasteiger charge is 2.44. The lowest BCUT2D eigenvalue weighted by atomic mass is 9.95. The standard InChI is InChI=1S/C23H27N3O4/c1-14-25-18-13-24-8-6-19(18)26(14)9-7-17-10-16-12-21(30-23(16)29-17)15-4-5-20(27-2)22(11-15)28-3/h4-6,8,11,13,16-17,21,23H,7,9-10,12H2,1-3H3. The van der Waals surface area contributed by atoms with Crippen molar-refractivity contribution in [2.75, 3.05) is 14.2 Å². The van der Waals surface area contributed by atoms with Crippen molar-refractivity contribution in [3.8, 4) is 11.5 Å². The van der Waals surface area contributed by atoms with Gasteiger partial charge in [-0.1, -0.05) is 6.07 Å². The fourth-order valence-corrected chi connectivity index (χ4v) is 4.76. The summed E-state index contributed by atoms with van der Waals surface area (Å²) < 4.78 is 25.5. The van der Waals surface area contributed by atoms with Crippen molar-refractivity contribution in [1.29, 1.82) is 0 Å². The molecule has 2 fully saturated rings. The van der Waals surface area contributed by atoms with Gasteiger partial charge in [0.2, 0.25) is 0 Å². The summed E-state index contributed by atoms with van der Waals surface area (Å²) in [4.78, 5) is 8.77. The zero-order valence-corrected chi connectivity index (χ0v) is 17.6.